The van der Waals surface area contributed by atoms with Gasteiger partial charge in [-0.2, -0.15) is 0 Å². The topological polar surface area (TPSA) is 58.6 Å². The molecule has 0 aromatic heterocycles. The summed E-state index contributed by atoms with van der Waals surface area (Å²) in [6.45, 7) is 1.95. The third-order valence-electron chi connectivity index (χ3n) is 3.55. The third-order valence-corrected chi connectivity index (χ3v) is 3.55. The van der Waals surface area contributed by atoms with Crippen LogP contribution in [0.4, 0.5) is 0 Å². The van der Waals surface area contributed by atoms with E-state index < -0.39 is 12.1 Å². The smallest absolute Gasteiger partial charge is 0.335 e. The zero-order valence-corrected chi connectivity index (χ0v) is 9.82. The first-order valence-corrected chi connectivity index (χ1v) is 6.33. The van der Waals surface area contributed by atoms with Crippen molar-refractivity contribution < 1.29 is 14.6 Å². The Balaban J connectivity index is 1.79. The van der Waals surface area contributed by atoms with Gasteiger partial charge in [0, 0.05) is 12.1 Å². The van der Waals surface area contributed by atoms with Gasteiger partial charge in [-0.3, -0.25) is 0 Å². The highest BCUT2D eigenvalue weighted by atomic mass is 16.6. The Morgan fingerprint density at radius 2 is 2.06 bits per heavy atom. The molecule has 2 aliphatic rings. The largest absolute Gasteiger partial charge is 0.460 e. The molecule has 2 heterocycles. The predicted molar refractivity (Wildman–Crippen MR) is 60.0 cm³/mol. The molecule has 2 fully saturated rings. The number of carbonyl (C=O) groups excluding carboxylic acids is 1. The highest BCUT2D eigenvalue weighted by Crippen LogP contribution is 2.28. The van der Waals surface area contributed by atoms with Gasteiger partial charge in [-0.15, -0.1) is 0 Å². The van der Waals surface area contributed by atoms with Crippen LogP contribution in [0.5, 0.6) is 0 Å². The maximum Gasteiger partial charge on any atom is 0.335 e. The zero-order chi connectivity index (χ0) is 11.5. The molecule has 2 unspecified atom stereocenters. The van der Waals surface area contributed by atoms with Crippen molar-refractivity contribution in [2.24, 2.45) is 0 Å². The Labute approximate surface area is 96.4 Å². The summed E-state index contributed by atoms with van der Waals surface area (Å²) in [5.41, 5.74) is 0. The molecule has 2 aliphatic heterocycles. The summed E-state index contributed by atoms with van der Waals surface area (Å²) in [6.07, 6.45) is 4.56. The minimum atomic E-state index is -0.933. The summed E-state index contributed by atoms with van der Waals surface area (Å²) in [6, 6.07) is 1.03. The van der Waals surface area contributed by atoms with Crippen molar-refractivity contribution in [3.63, 3.8) is 0 Å². The normalized spacial score (nSPS) is 34.8. The highest BCUT2D eigenvalue weighted by molar-refractivity contribution is 5.74. The van der Waals surface area contributed by atoms with Gasteiger partial charge in [0.1, 0.15) is 6.10 Å². The number of ether oxygens (including phenoxy) is 1. The van der Waals surface area contributed by atoms with Crippen LogP contribution in [0.3, 0.4) is 0 Å². The molecule has 0 aromatic rings. The Kier molecular flexibility index (Phi) is 3.82. The summed E-state index contributed by atoms with van der Waals surface area (Å²) in [4.78, 5) is 11.5. The minimum absolute atomic E-state index is 0.0118. The number of esters is 1. The molecule has 92 valence electrons. The molecule has 16 heavy (non-hydrogen) atoms. The standard InChI is InChI=1S/C12H21NO3/c1-2-3-11(14)12(15)16-10-6-8-4-5-9(7-10)13-8/h8-11,13-14H,2-7H2,1H3/t8-,9+,10?,11?. The van der Waals surface area contributed by atoms with E-state index in [1.54, 1.807) is 0 Å². The first kappa shape index (κ1) is 11.9. The zero-order valence-electron chi connectivity index (χ0n) is 9.82. The van der Waals surface area contributed by atoms with E-state index in [1.165, 1.54) is 12.8 Å². The molecule has 4 nitrogen and oxygen atoms in total. The summed E-state index contributed by atoms with van der Waals surface area (Å²) >= 11 is 0. The van der Waals surface area contributed by atoms with Crippen molar-refractivity contribution in [2.45, 2.75) is 69.7 Å². The second-order valence-corrected chi connectivity index (χ2v) is 4.97. The SMILES string of the molecule is CCCC(O)C(=O)OC1C[C@H]2CC[C@@H](C1)N2. The van der Waals surface area contributed by atoms with Crippen LogP contribution in [0.1, 0.15) is 45.4 Å². The van der Waals surface area contributed by atoms with Gasteiger partial charge in [0.2, 0.25) is 0 Å². The Morgan fingerprint density at radius 3 is 2.62 bits per heavy atom. The molecule has 0 amide bonds. The third kappa shape index (κ3) is 2.74. The quantitative estimate of drug-likeness (QED) is 0.703. The van der Waals surface area contributed by atoms with Gasteiger partial charge < -0.3 is 15.2 Å². The van der Waals surface area contributed by atoms with Crippen LogP contribution >= 0.6 is 0 Å². The molecule has 0 aliphatic carbocycles. The summed E-state index contributed by atoms with van der Waals surface area (Å²) in [5.74, 6) is -0.437. The molecule has 2 saturated heterocycles. The van der Waals surface area contributed by atoms with Crippen molar-refractivity contribution >= 4 is 5.97 Å². The Morgan fingerprint density at radius 1 is 1.44 bits per heavy atom. The van der Waals surface area contributed by atoms with Crippen molar-refractivity contribution in [1.29, 1.82) is 0 Å². The lowest BCUT2D eigenvalue weighted by Crippen LogP contribution is -2.43. The van der Waals surface area contributed by atoms with Gasteiger partial charge in [-0.1, -0.05) is 13.3 Å². The van der Waals surface area contributed by atoms with Crippen LogP contribution in [-0.4, -0.2) is 35.4 Å². The number of hydrogen-bond acceptors (Lipinski definition) is 4. The van der Waals surface area contributed by atoms with Gasteiger partial charge in [-0.25, -0.2) is 4.79 Å². The van der Waals surface area contributed by atoms with Crippen LogP contribution in [-0.2, 0) is 9.53 Å². The minimum Gasteiger partial charge on any atom is -0.460 e. The van der Waals surface area contributed by atoms with Crippen molar-refractivity contribution in [2.75, 3.05) is 0 Å². The van der Waals surface area contributed by atoms with Gasteiger partial charge in [0.25, 0.3) is 0 Å². The van der Waals surface area contributed by atoms with Crippen LogP contribution in [0.2, 0.25) is 0 Å². The number of aliphatic hydroxyl groups is 1. The van der Waals surface area contributed by atoms with Gasteiger partial charge in [-0.05, 0) is 32.1 Å². The maximum atomic E-state index is 11.5. The molecule has 0 saturated carbocycles. The van der Waals surface area contributed by atoms with E-state index in [-0.39, 0.29) is 6.10 Å². The van der Waals surface area contributed by atoms with Crippen molar-refractivity contribution in [1.82, 2.24) is 5.32 Å². The Bertz CT molecular complexity index is 245. The fraction of sp³-hybridized carbons (Fsp3) is 0.917. The van der Waals surface area contributed by atoms with E-state index in [4.69, 9.17) is 4.74 Å². The Hall–Kier alpha value is -0.610. The second kappa shape index (κ2) is 5.15. The summed E-state index contributed by atoms with van der Waals surface area (Å²) < 4.78 is 5.36. The number of nitrogens with one attached hydrogen (secondary N) is 1. The lowest BCUT2D eigenvalue weighted by atomic mass is 10.0. The molecule has 2 rings (SSSR count). The molecule has 0 aromatic carbocycles. The summed E-state index contributed by atoms with van der Waals surface area (Å²) in [7, 11) is 0. The fourth-order valence-corrected chi connectivity index (χ4v) is 2.74. The fourth-order valence-electron chi connectivity index (χ4n) is 2.74. The molecule has 0 spiro atoms. The lowest BCUT2D eigenvalue weighted by molar-refractivity contribution is -0.161. The van der Waals surface area contributed by atoms with Crippen molar-refractivity contribution in [3.05, 3.63) is 0 Å². The molecule has 4 heteroatoms. The van der Waals surface area contributed by atoms with Crippen LogP contribution < -0.4 is 5.32 Å². The summed E-state index contributed by atoms with van der Waals surface area (Å²) in [5, 5.41) is 13.0. The van der Waals surface area contributed by atoms with Crippen LogP contribution in [0.25, 0.3) is 0 Å². The number of aliphatic hydroxyl groups excluding tert-OH is 1. The number of rotatable bonds is 4. The lowest BCUT2D eigenvalue weighted by Gasteiger charge is -2.29. The van der Waals surface area contributed by atoms with E-state index in [9.17, 15) is 9.90 Å². The number of piperidine rings is 1. The number of carbonyl (C=O) groups is 1. The maximum absolute atomic E-state index is 11.5. The predicted octanol–water partition coefficient (Wildman–Crippen LogP) is 0.974. The van der Waals surface area contributed by atoms with E-state index in [0.29, 0.717) is 18.5 Å². The molecule has 2 bridgehead atoms. The molecular weight excluding hydrogens is 206 g/mol. The van der Waals surface area contributed by atoms with Gasteiger partial charge in [0.05, 0.1) is 0 Å². The first-order chi connectivity index (χ1) is 7.69. The molecule has 0 radical (unpaired) electrons. The van der Waals surface area contributed by atoms with E-state index in [0.717, 1.165) is 19.3 Å². The van der Waals surface area contributed by atoms with E-state index >= 15 is 0 Å². The van der Waals surface area contributed by atoms with Gasteiger partial charge >= 0.3 is 5.97 Å². The average molecular weight is 227 g/mol. The molecule has 2 N–H and O–H groups in total. The van der Waals surface area contributed by atoms with E-state index in [1.807, 2.05) is 6.92 Å². The van der Waals surface area contributed by atoms with Gasteiger partial charge in [0.15, 0.2) is 6.10 Å². The average Bonchev–Trinajstić information content (AvgIpc) is 2.58. The van der Waals surface area contributed by atoms with E-state index in [2.05, 4.69) is 5.32 Å². The van der Waals surface area contributed by atoms with Crippen LogP contribution in [0.15, 0.2) is 0 Å². The first-order valence-electron chi connectivity index (χ1n) is 6.33. The number of fused-ring (bicyclic) bond motifs is 2. The highest BCUT2D eigenvalue weighted by Gasteiger charge is 2.35. The molecular formula is C12H21NO3. The van der Waals surface area contributed by atoms with Crippen LogP contribution in [0, 0.1) is 0 Å². The number of hydrogen-bond donors (Lipinski definition) is 2. The van der Waals surface area contributed by atoms with Crippen molar-refractivity contribution in [3.8, 4) is 0 Å². The second-order valence-electron chi connectivity index (χ2n) is 4.97. The monoisotopic (exact) mass is 227 g/mol. The molecule has 4 atom stereocenters.